The largest absolute Gasteiger partial charge is 0.546 e. The van der Waals surface area contributed by atoms with Crippen molar-refractivity contribution < 1.29 is 23.2 Å². The summed E-state index contributed by atoms with van der Waals surface area (Å²) >= 11 is 0. The number of carbonyl (C=O) groups excluding carboxylic acids is 2. The Labute approximate surface area is 273 Å². The Kier molecular flexibility index (Phi) is 13.6. The summed E-state index contributed by atoms with van der Waals surface area (Å²) in [6.45, 7) is 35.5. The molecule has 2 aliphatic rings. The summed E-state index contributed by atoms with van der Waals surface area (Å²) in [6.07, 6.45) is 4.76. The maximum atomic E-state index is 14.2. The van der Waals surface area contributed by atoms with Gasteiger partial charge in [0.25, 0.3) is 8.32 Å². The first-order chi connectivity index (χ1) is 20.3. The molecule has 1 aliphatic heterocycles. The number of allylic oxidation sites excluding steroid dienone is 3. The summed E-state index contributed by atoms with van der Waals surface area (Å²) < 4.78 is 20.1. The van der Waals surface area contributed by atoms with Crippen LogP contribution in [0.3, 0.4) is 0 Å². The van der Waals surface area contributed by atoms with E-state index >= 15 is 0 Å². The molecule has 6 nitrogen and oxygen atoms in total. The summed E-state index contributed by atoms with van der Waals surface area (Å²) in [5, 5.41) is 0. The minimum atomic E-state index is -2.28. The number of rotatable bonds is 15. The third-order valence-corrected chi connectivity index (χ3v) is 23.2. The summed E-state index contributed by atoms with van der Waals surface area (Å²) in [5.41, 5.74) is 4.55. The number of ether oxygens (including phenoxy) is 1. The Bertz CT molecular complexity index is 1010. The van der Waals surface area contributed by atoms with Gasteiger partial charge in [0, 0.05) is 17.8 Å². The standard InChI is InChI=1S/C36H67NO5Si2/c1-24(2)17-16-20-36(15)31(34(38)37-21-22-40-35(37)39)18-19-33(42-44(28(9)10,29(11)12)30(13)14)32(36)23-41-43(25(3)4,26(5)6)27(7)8/h17,25-31H,16,18-23H2,1-15H3/t31-,36+/m0/s1. The summed E-state index contributed by atoms with van der Waals surface area (Å²) in [6, 6.07) is 0. The van der Waals surface area contributed by atoms with Crippen LogP contribution in [0.2, 0.25) is 33.2 Å². The fourth-order valence-corrected chi connectivity index (χ4v) is 19.8. The van der Waals surface area contributed by atoms with Crippen molar-refractivity contribution in [1.29, 1.82) is 0 Å². The van der Waals surface area contributed by atoms with Gasteiger partial charge in [-0.2, -0.15) is 0 Å². The minimum Gasteiger partial charge on any atom is -0.546 e. The molecule has 1 saturated heterocycles. The highest BCUT2D eigenvalue weighted by Gasteiger charge is 2.53. The quantitative estimate of drug-likeness (QED) is 0.130. The van der Waals surface area contributed by atoms with Gasteiger partial charge in [0.2, 0.25) is 14.2 Å². The van der Waals surface area contributed by atoms with E-state index in [1.165, 1.54) is 10.5 Å². The molecule has 1 aliphatic carbocycles. The van der Waals surface area contributed by atoms with E-state index < -0.39 is 28.1 Å². The molecule has 44 heavy (non-hydrogen) atoms. The van der Waals surface area contributed by atoms with E-state index in [0.717, 1.165) is 24.2 Å². The summed E-state index contributed by atoms with van der Waals surface area (Å²) in [7, 11) is -4.50. The summed E-state index contributed by atoms with van der Waals surface area (Å²) in [4.78, 5) is 28.2. The van der Waals surface area contributed by atoms with Crippen molar-refractivity contribution in [3.63, 3.8) is 0 Å². The van der Waals surface area contributed by atoms with Gasteiger partial charge >= 0.3 is 6.09 Å². The highest BCUT2D eigenvalue weighted by Crippen LogP contribution is 2.54. The van der Waals surface area contributed by atoms with Crippen LogP contribution in [0.15, 0.2) is 23.0 Å². The average molecular weight is 650 g/mol. The Hall–Kier alpha value is -1.39. The van der Waals surface area contributed by atoms with E-state index in [9.17, 15) is 9.59 Å². The van der Waals surface area contributed by atoms with Gasteiger partial charge < -0.3 is 13.6 Å². The molecule has 0 N–H and O–H groups in total. The third-order valence-electron chi connectivity index (χ3n) is 11.2. The smallest absolute Gasteiger partial charge is 0.416 e. The van der Waals surface area contributed by atoms with Crippen LogP contribution in [0.4, 0.5) is 4.79 Å². The van der Waals surface area contributed by atoms with Gasteiger partial charge in [-0.25, -0.2) is 9.69 Å². The second-order valence-electron chi connectivity index (χ2n) is 15.9. The van der Waals surface area contributed by atoms with Gasteiger partial charge in [-0.15, -0.1) is 0 Å². The van der Waals surface area contributed by atoms with Gasteiger partial charge in [0.1, 0.15) is 6.61 Å². The number of imide groups is 1. The molecular formula is C36H67NO5Si2. The molecule has 2 atom stereocenters. The van der Waals surface area contributed by atoms with Crippen molar-refractivity contribution in [2.75, 3.05) is 19.8 Å². The van der Waals surface area contributed by atoms with E-state index in [1.807, 2.05) is 0 Å². The predicted molar refractivity (Wildman–Crippen MR) is 189 cm³/mol. The van der Waals surface area contributed by atoms with E-state index in [-0.39, 0.29) is 18.4 Å². The van der Waals surface area contributed by atoms with Gasteiger partial charge in [-0.1, -0.05) is 102 Å². The maximum absolute atomic E-state index is 14.2. The monoisotopic (exact) mass is 649 g/mol. The lowest BCUT2D eigenvalue weighted by Crippen LogP contribution is -2.52. The zero-order chi connectivity index (χ0) is 33.8. The SMILES string of the molecule is CC(C)=CCC[C@@]1(C)C(CO[Si](C(C)C)(C(C)C)C(C)C)=C(O[Si](C(C)C)(C(C)C)C(C)C)CC[C@H]1C(=O)N1CCOC1=O. The first-order valence-corrected chi connectivity index (χ1v) is 21.7. The molecule has 0 bridgehead atoms. The highest BCUT2D eigenvalue weighted by atomic mass is 28.4. The molecule has 1 fully saturated rings. The normalized spacial score (nSPS) is 21.9. The molecule has 0 aromatic rings. The van der Waals surface area contributed by atoms with Crippen LogP contribution >= 0.6 is 0 Å². The first kappa shape index (κ1) is 38.8. The lowest BCUT2D eigenvalue weighted by molar-refractivity contribution is -0.136. The van der Waals surface area contributed by atoms with Crippen LogP contribution in [0, 0.1) is 11.3 Å². The van der Waals surface area contributed by atoms with Crippen molar-refractivity contribution in [1.82, 2.24) is 4.90 Å². The van der Waals surface area contributed by atoms with E-state index in [0.29, 0.717) is 59.2 Å². The Morgan fingerprint density at radius 1 is 0.909 bits per heavy atom. The lowest BCUT2D eigenvalue weighted by atomic mass is 9.63. The number of hydrogen-bond acceptors (Lipinski definition) is 5. The first-order valence-electron chi connectivity index (χ1n) is 17.5. The number of carbonyl (C=O) groups is 2. The van der Waals surface area contributed by atoms with Crippen LogP contribution in [-0.4, -0.2) is 53.3 Å². The highest BCUT2D eigenvalue weighted by molar-refractivity contribution is 6.78. The van der Waals surface area contributed by atoms with Gasteiger partial charge in [0.15, 0.2) is 0 Å². The molecule has 254 valence electrons. The van der Waals surface area contributed by atoms with Crippen molar-refractivity contribution >= 4 is 28.6 Å². The molecule has 0 spiro atoms. The molecule has 0 unspecified atom stereocenters. The maximum Gasteiger partial charge on any atom is 0.416 e. The second kappa shape index (κ2) is 15.5. The molecule has 2 amide bonds. The Morgan fingerprint density at radius 3 is 1.82 bits per heavy atom. The summed E-state index contributed by atoms with van der Waals surface area (Å²) in [5.74, 6) is 0.620. The van der Waals surface area contributed by atoms with Crippen molar-refractivity contribution in [3.8, 4) is 0 Å². The minimum absolute atomic E-state index is 0.107. The molecular weight excluding hydrogens is 583 g/mol. The average Bonchev–Trinajstić information content (AvgIpc) is 3.32. The molecule has 2 rings (SSSR count). The molecule has 8 heteroatoms. The Morgan fingerprint density at radius 2 is 1.41 bits per heavy atom. The number of cyclic esters (lactones) is 1. The van der Waals surface area contributed by atoms with Crippen molar-refractivity contribution in [3.05, 3.63) is 23.0 Å². The number of hydrogen-bond donors (Lipinski definition) is 0. The van der Waals surface area contributed by atoms with Crippen LogP contribution in [0.5, 0.6) is 0 Å². The number of nitrogens with zero attached hydrogens (tertiary/aromatic N) is 1. The zero-order valence-corrected chi connectivity index (χ0v) is 33.1. The van der Waals surface area contributed by atoms with Crippen LogP contribution in [-0.2, 0) is 18.4 Å². The topological polar surface area (TPSA) is 65.1 Å². The zero-order valence-electron chi connectivity index (χ0n) is 31.1. The second-order valence-corrected chi connectivity index (χ2v) is 26.7. The van der Waals surface area contributed by atoms with Crippen molar-refractivity contribution in [2.45, 2.75) is 163 Å². The lowest BCUT2D eigenvalue weighted by Gasteiger charge is -2.50. The fraction of sp³-hybridized carbons (Fsp3) is 0.833. The molecule has 0 saturated carbocycles. The Balaban J connectivity index is 2.85. The van der Waals surface area contributed by atoms with E-state index in [2.05, 4.69) is 110 Å². The third kappa shape index (κ3) is 7.59. The van der Waals surface area contributed by atoms with Gasteiger partial charge in [-0.05, 0) is 71.9 Å². The molecule has 0 radical (unpaired) electrons. The number of amides is 2. The predicted octanol–water partition coefficient (Wildman–Crippen LogP) is 10.8. The molecule has 0 aromatic heterocycles. The van der Waals surface area contributed by atoms with E-state index in [4.69, 9.17) is 13.6 Å². The van der Waals surface area contributed by atoms with Gasteiger partial charge in [-0.3, -0.25) is 4.79 Å². The van der Waals surface area contributed by atoms with E-state index in [1.54, 1.807) is 0 Å². The molecule has 1 heterocycles. The van der Waals surface area contributed by atoms with Crippen LogP contribution in [0.25, 0.3) is 0 Å². The van der Waals surface area contributed by atoms with Crippen LogP contribution in [0.1, 0.15) is 130 Å². The van der Waals surface area contributed by atoms with Crippen molar-refractivity contribution in [2.24, 2.45) is 11.3 Å². The van der Waals surface area contributed by atoms with Gasteiger partial charge in [0.05, 0.1) is 18.9 Å². The fourth-order valence-electron chi connectivity index (χ4n) is 9.06. The molecule has 0 aromatic carbocycles. The van der Waals surface area contributed by atoms with Crippen LogP contribution < -0.4 is 0 Å².